The highest BCUT2D eigenvalue weighted by atomic mass is 14.4. The van der Waals surface area contributed by atoms with Gasteiger partial charge in [-0.1, -0.05) is 38.3 Å². The zero-order valence-corrected chi connectivity index (χ0v) is 9.42. The number of allylic oxidation sites excluding steroid dienone is 2. The van der Waals surface area contributed by atoms with E-state index in [-0.39, 0.29) is 0 Å². The molecule has 0 spiro atoms. The predicted molar refractivity (Wildman–Crippen MR) is 60.7 cm³/mol. The normalized spacial score (nSPS) is 28.3. The quantitative estimate of drug-likeness (QED) is 0.653. The van der Waals surface area contributed by atoms with E-state index in [2.05, 4.69) is 31.7 Å². The van der Waals surface area contributed by atoms with Gasteiger partial charge in [0.2, 0.25) is 0 Å². The molecular formula is C12H25N. The van der Waals surface area contributed by atoms with Crippen molar-refractivity contribution >= 4 is 0 Å². The van der Waals surface area contributed by atoms with E-state index in [0.717, 1.165) is 11.8 Å². The van der Waals surface area contributed by atoms with Crippen LogP contribution in [0, 0.1) is 11.8 Å². The van der Waals surface area contributed by atoms with E-state index >= 15 is 0 Å². The van der Waals surface area contributed by atoms with Crippen molar-refractivity contribution in [3.63, 3.8) is 0 Å². The van der Waals surface area contributed by atoms with Gasteiger partial charge in [0, 0.05) is 0 Å². The number of hydrogen-bond acceptors (Lipinski definition) is 1. The van der Waals surface area contributed by atoms with Crippen molar-refractivity contribution in [2.75, 3.05) is 7.05 Å². The van der Waals surface area contributed by atoms with Crippen LogP contribution in [0.3, 0.4) is 0 Å². The third-order valence-electron chi connectivity index (χ3n) is 2.93. The van der Waals surface area contributed by atoms with E-state index in [1.807, 2.05) is 0 Å². The Morgan fingerprint density at radius 3 is 2.38 bits per heavy atom. The van der Waals surface area contributed by atoms with Gasteiger partial charge in [-0.25, -0.2) is 0 Å². The summed E-state index contributed by atoms with van der Waals surface area (Å²) in [6, 6.07) is 0. The summed E-state index contributed by atoms with van der Waals surface area (Å²) in [6.45, 7) is 4.47. The lowest BCUT2D eigenvalue weighted by Gasteiger charge is -2.28. The molecule has 0 aromatic rings. The molecule has 1 heteroatoms. The number of rotatable bonds is 2. The molecule has 13 heavy (non-hydrogen) atoms. The van der Waals surface area contributed by atoms with Crippen LogP contribution in [0.15, 0.2) is 12.2 Å². The van der Waals surface area contributed by atoms with Crippen LogP contribution in [0.4, 0.5) is 0 Å². The van der Waals surface area contributed by atoms with Crippen LogP contribution >= 0.6 is 0 Å². The second kappa shape index (κ2) is 8.31. The van der Waals surface area contributed by atoms with Gasteiger partial charge >= 0.3 is 0 Å². The van der Waals surface area contributed by atoms with Gasteiger partial charge in [-0.3, -0.25) is 0 Å². The van der Waals surface area contributed by atoms with Crippen LogP contribution < -0.4 is 5.73 Å². The predicted octanol–water partition coefficient (Wildman–Crippen LogP) is 3.35. The minimum absolute atomic E-state index is 0.902. The van der Waals surface area contributed by atoms with E-state index < -0.39 is 0 Å². The van der Waals surface area contributed by atoms with Gasteiger partial charge in [-0.05, 0) is 38.6 Å². The first-order valence-corrected chi connectivity index (χ1v) is 5.59. The van der Waals surface area contributed by atoms with Crippen LogP contribution in [0.25, 0.3) is 0 Å². The summed E-state index contributed by atoms with van der Waals surface area (Å²) >= 11 is 0. The Morgan fingerprint density at radius 1 is 1.23 bits per heavy atom. The Labute approximate surface area is 83.4 Å². The fourth-order valence-electron chi connectivity index (χ4n) is 2.24. The van der Waals surface area contributed by atoms with Gasteiger partial charge in [-0.15, -0.1) is 0 Å². The van der Waals surface area contributed by atoms with E-state index in [1.165, 1.54) is 39.2 Å². The van der Waals surface area contributed by atoms with Crippen molar-refractivity contribution < 1.29 is 0 Å². The van der Waals surface area contributed by atoms with Crippen LogP contribution in [-0.2, 0) is 0 Å². The van der Waals surface area contributed by atoms with Gasteiger partial charge in [0.25, 0.3) is 0 Å². The minimum Gasteiger partial charge on any atom is -0.333 e. The second-order valence-corrected chi connectivity index (χ2v) is 3.64. The molecule has 0 amide bonds. The molecule has 0 saturated heterocycles. The molecule has 0 aromatic heterocycles. The summed E-state index contributed by atoms with van der Waals surface area (Å²) < 4.78 is 0. The smallest absolute Gasteiger partial charge is 0.0195 e. The van der Waals surface area contributed by atoms with Crippen LogP contribution in [0.2, 0.25) is 0 Å². The Morgan fingerprint density at radius 2 is 1.85 bits per heavy atom. The lowest BCUT2D eigenvalue weighted by Crippen LogP contribution is -2.16. The van der Waals surface area contributed by atoms with Gasteiger partial charge in [-0.2, -0.15) is 0 Å². The van der Waals surface area contributed by atoms with Crippen molar-refractivity contribution in [2.24, 2.45) is 17.6 Å². The molecule has 1 rings (SSSR count). The Hall–Kier alpha value is -0.300. The summed E-state index contributed by atoms with van der Waals surface area (Å²) in [6.07, 6.45) is 11.8. The van der Waals surface area contributed by atoms with E-state index in [9.17, 15) is 0 Å². The molecule has 2 N–H and O–H groups in total. The standard InChI is InChI=1S/C11H20.CH5N/c1-3-7-11-9-6-5-8-10(11)4-2;1-2/h3,7,10-11H,4-6,8-9H2,1-2H3;2H2,1H3/b7-3+;. The maximum atomic E-state index is 4.50. The van der Waals surface area contributed by atoms with E-state index in [1.54, 1.807) is 0 Å². The molecule has 0 bridgehead atoms. The lowest BCUT2D eigenvalue weighted by atomic mass is 9.78. The number of hydrogen-bond donors (Lipinski definition) is 1. The maximum Gasteiger partial charge on any atom is -0.0195 e. The first kappa shape index (κ1) is 12.7. The summed E-state index contributed by atoms with van der Waals surface area (Å²) in [5.41, 5.74) is 4.50. The summed E-state index contributed by atoms with van der Waals surface area (Å²) in [5.74, 6) is 1.89. The lowest BCUT2D eigenvalue weighted by molar-refractivity contribution is 0.276. The van der Waals surface area contributed by atoms with Gasteiger partial charge in [0.15, 0.2) is 0 Å². The highest BCUT2D eigenvalue weighted by Gasteiger charge is 2.20. The van der Waals surface area contributed by atoms with Crippen molar-refractivity contribution in [2.45, 2.75) is 46.0 Å². The molecule has 1 saturated carbocycles. The zero-order chi connectivity index (χ0) is 10.1. The SMILES string of the molecule is C/C=C/C1CCCCC1CC.CN. The Bertz CT molecular complexity index is 129. The Kier molecular flexibility index (Phi) is 8.11. The molecule has 1 aliphatic carbocycles. The monoisotopic (exact) mass is 183 g/mol. The van der Waals surface area contributed by atoms with Crippen LogP contribution in [0.1, 0.15) is 46.0 Å². The van der Waals surface area contributed by atoms with Gasteiger partial charge in [0.1, 0.15) is 0 Å². The zero-order valence-electron chi connectivity index (χ0n) is 9.42. The average molecular weight is 183 g/mol. The molecule has 2 atom stereocenters. The van der Waals surface area contributed by atoms with Gasteiger partial charge < -0.3 is 5.73 Å². The highest BCUT2D eigenvalue weighted by Crippen LogP contribution is 2.32. The minimum atomic E-state index is 0.902. The molecule has 0 aromatic carbocycles. The molecular weight excluding hydrogens is 158 g/mol. The third kappa shape index (κ3) is 4.47. The molecule has 1 aliphatic rings. The molecule has 1 fully saturated rings. The summed E-state index contributed by atoms with van der Waals surface area (Å²) in [7, 11) is 1.50. The molecule has 1 nitrogen and oxygen atoms in total. The maximum absolute atomic E-state index is 4.50. The average Bonchev–Trinajstić information content (AvgIpc) is 2.22. The summed E-state index contributed by atoms with van der Waals surface area (Å²) in [5, 5.41) is 0. The first-order valence-electron chi connectivity index (χ1n) is 5.59. The van der Waals surface area contributed by atoms with Crippen molar-refractivity contribution in [1.82, 2.24) is 0 Å². The fraction of sp³-hybridized carbons (Fsp3) is 0.833. The Balaban J connectivity index is 0.000000671. The summed E-state index contributed by atoms with van der Waals surface area (Å²) in [4.78, 5) is 0. The van der Waals surface area contributed by atoms with Gasteiger partial charge in [0.05, 0.1) is 0 Å². The third-order valence-corrected chi connectivity index (χ3v) is 2.93. The van der Waals surface area contributed by atoms with Crippen LogP contribution in [0.5, 0.6) is 0 Å². The number of nitrogens with two attached hydrogens (primary N) is 1. The first-order chi connectivity index (χ1) is 6.38. The van der Waals surface area contributed by atoms with Crippen LogP contribution in [-0.4, -0.2) is 7.05 Å². The topological polar surface area (TPSA) is 26.0 Å². The molecule has 0 aliphatic heterocycles. The van der Waals surface area contributed by atoms with Crippen molar-refractivity contribution in [3.05, 3.63) is 12.2 Å². The van der Waals surface area contributed by atoms with E-state index in [0.29, 0.717) is 0 Å². The van der Waals surface area contributed by atoms with Crippen molar-refractivity contribution in [3.8, 4) is 0 Å². The fourth-order valence-corrected chi connectivity index (χ4v) is 2.24. The molecule has 78 valence electrons. The highest BCUT2D eigenvalue weighted by molar-refractivity contribution is 4.91. The second-order valence-electron chi connectivity index (χ2n) is 3.64. The van der Waals surface area contributed by atoms with E-state index in [4.69, 9.17) is 0 Å². The molecule has 2 unspecified atom stereocenters. The molecule has 0 heterocycles. The van der Waals surface area contributed by atoms with Crippen molar-refractivity contribution in [1.29, 1.82) is 0 Å². The molecule has 0 radical (unpaired) electrons. The largest absolute Gasteiger partial charge is 0.333 e.